The monoisotopic (exact) mass is 602 g/mol. The number of benzene rings is 2. The number of ketones is 1. The van der Waals surface area contributed by atoms with Crippen LogP contribution in [0.4, 0.5) is 10.1 Å². The van der Waals surface area contributed by atoms with Gasteiger partial charge in [0.15, 0.2) is 11.5 Å². The Hall–Kier alpha value is -4.44. The molecule has 9 nitrogen and oxygen atoms in total. The van der Waals surface area contributed by atoms with Crippen LogP contribution in [0.3, 0.4) is 0 Å². The van der Waals surface area contributed by atoms with Gasteiger partial charge in [0.2, 0.25) is 5.91 Å². The Morgan fingerprint density at radius 3 is 2.77 bits per heavy atom. The number of nitrogens with one attached hydrogen (secondary N) is 2. The Labute approximate surface area is 253 Å². The van der Waals surface area contributed by atoms with Gasteiger partial charge in [0.25, 0.3) is 5.91 Å². The van der Waals surface area contributed by atoms with E-state index in [2.05, 4.69) is 25.9 Å². The summed E-state index contributed by atoms with van der Waals surface area (Å²) in [7, 11) is 0. The average molecular weight is 603 g/mol. The predicted octanol–water partition coefficient (Wildman–Crippen LogP) is 6.18. The van der Waals surface area contributed by atoms with Crippen LogP contribution in [-0.2, 0) is 16.0 Å². The number of aromatic nitrogens is 4. The van der Waals surface area contributed by atoms with Crippen LogP contribution in [-0.4, -0.2) is 37.6 Å². The van der Waals surface area contributed by atoms with Gasteiger partial charge in [-0.05, 0) is 61.2 Å². The Morgan fingerprint density at radius 2 is 1.98 bits per heavy atom. The van der Waals surface area contributed by atoms with Gasteiger partial charge in [0, 0.05) is 36.2 Å². The van der Waals surface area contributed by atoms with Gasteiger partial charge in [-0.25, -0.2) is 9.07 Å². The summed E-state index contributed by atoms with van der Waals surface area (Å²) in [6.45, 7) is 5.33. The van der Waals surface area contributed by atoms with Crippen LogP contribution >= 0.6 is 11.6 Å². The third-order valence-electron chi connectivity index (χ3n) is 7.74. The number of nitrogens with zero attached hydrogens (tertiary/aromatic N) is 4. The summed E-state index contributed by atoms with van der Waals surface area (Å²) in [4.78, 5) is 43.3. The number of Topliss-reactive ketones (excluding diaryl/α,β-unsaturated/α-hetero) is 1. The number of pyridine rings is 1. The fourth-order valence-corrected chi connectivity index (χ4v) is 5.34. The van der Waals surface area contributed by atoms with Crippen molar-refractivity contribution in [2.45, 2.75) is 58.9 Å². The molecule has 0 saturated carbocycles. The largest absolute Gasteiger partial charge is 0.342 e. The van der Waals surface area contributed by atoms with Crippen molar-refractivity contribution in [3.8, 4) is 16.8 Å². The van der Waals surface area contributed by atoms with Crippen molar-refractivity contribution < 1.29 is 18.8 Å². The summed E-state index contributed by atoms with van der Waals surface area (Å²) in [5.74, 6) is -1.42. The van der Waals surface area contributed by atoms with Crippen molar-refractivity contribution in [2.24, 2.45) is 5.92 Å². The summed E-state index contributed by atoms with van der Waals surface area (Å²) in [5, 5.41) is 14.1. The van der Waals surface area contributed by atoms with E-state index in [0.717, 1.165) is 16.7 Å². The molecule has 5 rings (SSSR count). The second-order valence-electron chi connectivity index (χ2n) is 10.8. The zero-order chi connectivity index (χ0) is 30.7. The maximum absolute atomic E-state index is 14.7. The lowest BCUT2D eigenvalue weighted by molar-refractivity contribution is -0.119. The quantitative estimate of drug-likeness (QED) is 0.272. The zero-order valence-corrected chi connectivity index (χ0v) is 24.9. The van der Waals surface area contributed by atoms with Crippen molar-refractivity contribution in [2.75, 3.05) is 5.32 Å². The number of rotatable bonds is 6. The minimum absolute atomic E-state index is 0.0499. The summed E-state index contributed by atoms with van der Waals surface area (Å²) in [5.41, 5.74) is 4.17. The highest BCUT2D eigenvalue weighted by atomic mass is 35.5. The van der Waals surface area contributed by atoms with E-state index < -0.39 is 17.8 Å². The highest BCUT2D eigenvalue weighted by Crippen LogP contribution is 2.33. The van der Waals surface area contributed by atoms with Crippen LogP contribution in [0.5, 0.6) is 0 Å². The van der Waals surface area contributed by atoms with Crippen LogP contribution in [0.25, 0.3) is 16.8 Å². The first kappa shape index (κ1) is 30.0. The SMILES string of the molecule is CCC(=O)Cc1ccc2c(c1)NC(=O)[C@H](C)CCC[C@H](NC(=O)c1nnn(-c3cccc(Cl)c3F)c1C)c1cc-2ccn1. The van der Waals surface area contributed by atoms with Gasteiger partial charge in [0.1, 0.15) is 11.5 Å². The van der Waals surface area contributed by atoms with Gasteiger partial charge >= 0.3 is 0 Å². The lowest BCUT2D eigenvalue weighted by Gasteiger charge is -2.22. The fourth-order valence-electron chi connectivity index (χ4n) is 5.18. The van der Waals surface area contributed by atoms with E-state index in [9.17, 15) is 18.8 Å². The second-order valence-corrected chi connectivity index (χ2v) is 11.2. The molecule has 0 saturated heterocycles. The summed E-state index contributed by atoms with van der Waals surface area (Å²) in [6.07, 6.45) is 4.16. The van der Waals surface area contributed by atoms with E-state index in [1.165, 1.54) is 16.8 Å². The zero-order valence-electron chi connectivity index (χ0n) is 24.2. The van der Waals surface area contributed by atoms with E-state index in [0.29, 0.717) is 49.2 Å². The number of halogens is 2. The summed E-state index contributed by atoms with van der Waals surface area (Å²) < 4.78 is 15.9. The standard InChI is InChI=1S/C32H32ClFN6O3/c1-4-22(41)15-20-11-12-23-21-13-14-35-27(17-21)25(9-5-7-18(2)31(42)37-26(23)16-20)36-32(43)30-19(3)40(39-38-30)28-10-6-8-24(33)29(28)34/h6,8,10-14,16-18,25H,4-5,7,9,15H2,1-3H3,(H,36,43)(H,37,42)/t18-,25+/m1/s1. The van der Waals surface area contributed by atoms with Crippen molar-refractivity contribution in [3.05, 3.63) is 88.2 Å². The lowest BCUT2D eigenvalue weighted by atomic mass is 9.94. The molecule has 222 valence electrons. The fraction of sp³-hybridized carbons (Fsp3) is 0.312. The molecule has 0 radical (unpaired) electrons. The highest BCUT2D eigenvalue weighted by molar-refractivity contribution is 6.30. The second kappa shape index (κ2) is 12.8. The van der Waals surface area contributed by atoms with Gasteiger partial charge in [-0.15, -0.1) is 5.10 Å². The molecule has 0 aliphatic carbocycles. The maximum atomic E-state index is 14.7. The number of carbonyl (C=O) groups is 3. The normalized spacial score (nSPS) is 16.8. The molecule has 2 aromatic heterocycles. The number of hydrogen-bond donors (Lipinski definition) is 2. The molecule has 0 unspecified atom stereocenters. The van der Waals surface area contributed by atoms with Crippen LogP contribution in [0, 0.1) is 18.7 Å². The topological polar surface area (TPSA) is 119 Å². The Morgan fingerprint density at radius 1 is 1.16 bits per heavy atom. The Balaban J connectivity index is 1.48. The summed E-state index contributed by atoms with van der Waals surface area (Å²) >= 11 is 5.95. The molecular weight excluding hydrogens is 571 g/mol. The molecule has 2 N–H and O–H groups in total. The van der Waals surface area contributed by atoms with E-state index in [1.807, 2.05) is 44.2 Å². The van der Waals surface area contributed by atoms with Gasteiger partial charge in [-0.2, -0.15) is 0 Å². The molecule has 3 heterocycles. The Kier molecular flexibility index (Phi) is 8.96. The van der Waals surface area contributed by atoms with E-state index in [-0.39, 0.29) is 34.0 Å². The van der Waals surface area contributed by atoms with Crippen LogP contribution in [0.1, 0.15) is 73.0 Å². The molecule has 2 amide bonds. The smallest absolute Gasteiger partial charge is 0.274 e. The van der Waals surface area contributed by atoms with Crippen molar-refractivity contribution in [3.63, 3.8) is 0 Å². The highest BCUT2D eigenvalue weighted by Gasteiger charge is 2.25. The minimum atomic E-state index is -0.660. The maximum Gasteiger partial charge on any atom is 0.274 e. The molecule has 4 aromatic rings. The van der Waals surface area contributed by atoms with Gasteiger partial charge < -0.3 is 10.6 Å². The van der Waals surface area contributed by atoms with Gasteiger partial charge in [-0.3, -0.25) is 19.4 Å². The molecule has 2 atom stereocenters. The number of amides is 2. The van der Waals surface area contributed by atoms with Crippen LogP contribution < -0.4 is 10.6 Å². The molecule has 1 aliphatic heterocycles. The molecule has 2 bridgehead atoms. The van der Waals surface area contributed by atoms with E-state index in [1.54, 1.807) is 19.2 Å². The molecule has 0 spiro atoms. The number of anilines is 1. The van der Waals surface area contributed by atoms with Crippen molar-refractivity contribution >= 4 is 34.9 Å². The molecule has 43 heavy (non-hydrogen) atoms. The first-order chi connectivity index (χ1) is 20.7. The summed E-state index contributed by atoms with van der Waals surface area (Å²) in [6, 6.07) is 13.4. The average Bonchev–Trinajstić information content (AvgIpc) is 3.38. The van der Waals surface area contributed by atoms with E-state index in [4.69, 9.17) is 11.6 Å². The van der Waals surface area contributed by atoms with Gasteiger partial charge in [-0.1, -0.05) is 55.3 Å². The number of hydrogen-bond acceptors (Lipinski definition) is 6. The number of carbonyl (C=O) groups excluding carboxylic acids is 3. The molecule has 11 heteroatoms. The molecule has 2 aromatic carbocycles. The molecular formula is C32H32ClFN6O3. The predicted molar refractivity (Wildman–Crippen MR) is 162 cm³/mol. The van der Waals surface area contributed by atoms with Crippen LogP contribution in [0.15, 0.2) is 54.7 Å². The van der Waals surface area contributed by atoms with Crippen LogP contribution in [0.2, 0.25) is 5.02 Å². The molecule has 1 aliphatic rings. The minimum Gasteiger partial charge on any atom is -0.342 e. The first-order valence-corrected chi connectivity index (χ1v) is 14.6. The first-order valence-electron chi connectivity index (χ1n) is 14.3. The van der Waals surface area contributed by atoms with Gasteiger partial charge in [0.05, 0.1) is 22.5 Å². The Bertz CT molecular complexity index is 1700. The molecule has 0 fully saturated rings. The lowest BCUT2D eigenvalue weighted by Crippen LogP contribution is -2.30. The van der Waals surface area contributed by atoms with Crippen molar-refractivity contribution in [1.29, 1.82) is 0 Å². The number of fused-ring (bicyclic) bond motifs is 4. The van der Waals surface area contributed by atoms with E-state index >= 15 is 0 Å². The van der Waals surface area contributed by atoms with Crippen molar-refractivity contribution in [1.82, 2.24) is 25.3 Å². The third-order valence-corrected chi connectivity index (χ3v) is 8.03. The third kappa shape index (κ3) is 6.49.